The molecule has 28 heavy (non-hydrogen) atoms. The maximum Gasteiger partial charge on any atom is 0.647 e. The van der Waals surface area contributed by atoms with E-state index in [1.165, 1.54) is 12.8 Å². The standard InChI is InChI=1S/C19H48O5Si4/c1-11-12-13-16-19(17-14-15-18-20)21-28(22-25(2,3)4,23-26(5,6)7)24-27(8,9)10/h19-20H,11-18H2,1-10H3. The third-order valence-corrected chi connectivity index (χ3v) is 14.6. The topological polar surface area (TPSA) is 57.2 Å². The molecule has 0 radical (unpaired) electrons. The second-order valence-electron chi connectivity index (χ2n) is 10.6. The highest BCUT2D eigenvalue weighted by atomic mass is 28.5. The number of aliphatic hydroxyl groups excluding tert-OH is 1. The van der Waals surface area contributed by atoms with E-state index in [4.69, 9.17) is 16.8 Å². The molecule has 0 heterocycles. The van der Waals surface area contributed by atoms with Crippen LogP contribution in [0.3, 0.4) is 0 Å². The van der Waals surface area contributed by atoms with Crippen molar-refractivity contribution in [2.24, 2.45) is 0 Å². The Balaban J connectivity index is 5.73. The van der Waals surface area contributed by atoms with E-state index >= 15 is 0 Å². The average Bonchev–Trinajstić information content (AvgIpc) is 2.41. The van der Waals surface area contributed by atoms with E-state index in [2.05, 4.69) is 65.8 Å². The molecule has 1 atom stereocenters. The Morgan fingerprint density at radius 1 is 0.643 bits per heavy atom. The molecule has 0 amide bonds. The quantitative estimate of drug-likeness (QED) is 0.219. The van der Waals surface area contributed by atoms with Crippen molar-refractivity contribution in [2.45, 2.75) is 117 Å². The van der Waals surface area contributed by atoms with E-state index in [1.54, 1.807) is 0 Å². The zero-order valence-electron chi connectivity index (χ0n) is 20.3. The molecule has 1 unspecified atom stereocenters. The van der Waals surface area contributed by atoms with E-state index in [9.17, 15) is 5.11 Å². The molecule has 0 fully saturated rings. The van der Waals surface area contributed by atoms with E-state index in [0.29, 0.717) is 0 Å². The first-order valence-corrected chi connectivity index (χ1v) is 22.9. The van der Waals surface area contributed by atoms with Gasteiger partial charge in [0.05, 0.1) is 6.10 Å². The molecule has 0 saturated heterocycles. The second-order valence-corrected chi connectivity index (χ2v) is 27.0. The smallest absolute Gasteiger partial charge is 0.396 e. The first-order chi connectivity index (χ1) is 12.6. The van der Waals surface area contributed by atoms with Crippen LogP contribution in [0.25, 0.3) is 0 Å². The van der Waals surface area contributed by atoms with Crippen LogP contribution in [0.15, 0.2) is 0 Å². The SMILES string of the molecule is CCCCCC(CCCCO)O[Si](O[Si](C)(C)C)(O[Si](C)(C)C)O[Si](C)(C)C. The van der Waals surface area contributed by atoms with Crippen LogP contribution in [0, 0.1) is 0 Å². The molecule has 0 aromatic carbocycles. The Hall–Kier alpha value is 0.668. The fourth-order valence-electron chi connectivity index (χ4n) is 2.83. The van der Waals surface area contributed by atoms with Crippen LogP contribution in [0.1, 0.15) is 51.9 Å². The molecule has 5 nitrogen and oxygen atoms in total. The summed E-state index contributed by atoms with van der Waals surface area (Å²) in [6.45, 7) is 22.0. The lowest BCUT2D eigenvalue weighted by molar-refractivity contribution is 0.0298. The van der Waals surface area contributed by atoms with Crippen LogP contribution in [0.5, 0.6) is 0 Å². The van der Waals surface area contributed by atoms with Gasteiger partial charge in [-0.05, 0) is 84.6 Å². The fourth-order valence-corrected chi connectivity index (χ4v) is 14.7. The number of rotatable bonds is 16. The Morgan fingerprint density at radius 3 is 1.36 bits per heavy atom. The van der Waals surface area contributed by atoms with Crippen molar-refractivity contribution in [1.29, 1.82) is 0 Å². The molecule has 0 aliphatic rings. The normalized spacial score (nSPS) is 15.1. The Morgan fingerprint density at radius 2 is 1.04 bits per heavy atom. The zero-order valence-corrected chi connectivity index (χ0v) is 24.3. The van der Waals surface area contributed by atoms with Gasteiger partial charge in [-0.3, -0.25) is 0 Å². The Bertz CT molecular complexity index is 365. The maximum absolute atomic E-state index is 9.19. The van der Waals surface area contributed by atoms with Gasteiger partial charge in [-0.1, -0.05) is 26.2 Å². The molecule has 0 aromatic rings. The van der Waals surface area contributed by atoms with E-state index < -0.39 is 34.0 Å². The van der Waals surface area contributed by atoms with Gasteiger partial charge in [0.15, 0.2) is 25.0 Å². The summed E-state index contributed by atoms with van der Waals surface area (Å²) < 4.78 is 26.7. The van der Waals surface area contributed by atoms with Crippen molar-refractivity contribution >= 4 is 34.0 Å². The summed E-state index contributed by atoms with van der Waals surface area (Å²) in [6.07, 6.45) is 7.25. The minimum absolute atomic E-state index is 0.0637. The number of unbranched alkanes of at least 4 members (excludes halogenated alkanes) is 3. The highest BCUT2D eigenvalue weighted by molar-refractivity contribution is 6.87. The van der Waals surface area contributed by atoms with Crippen LogP contribution in [-0.4, -0.2) is 51.8 Å². The van der Waals surface area contributed by atoms with Gasteiger partial charge in [-0.15, -0.1) is 0 Å². The van der Waals surface area contributed by atoms with Crippen LogP contribution in [0.4, 0.5) is 0 Å². The Labute approximate surface area is 179 Å². The minimum Gasteiger partial charge on any atom is -0.396 e. The van der Waals surface area contributed by atoms with Gasteiger partial charge < -0.3 is 21.9 Å². The summed E-state index contributed by atoms with van der Waals surface area (Å²) in [7, 11) is -9.09. The largest absolute Gasteiger partial charge is 0.647 e. The van der Waals surface area contributed by atoms with Crippen LogP contribution < -0.4 is 0 Å². The van der Waals surface area contributed by atoms with E-state index in [0.717, 1.165) is 32.1 Å². The Kier molecular flexibility index (Phi) is 12.8. The van der Waals surface area contributed by atoms with Crippen LogP contribution >= 0.6 is 0 Å². The van der Waals surface area contributed by atoms with Crippen LogP contribution in [0.2, 0.25) is 58.9 Å². The van der Waals surface area contributed by atoms with Crippen molar-refractivity contribution in [3.8, 4) is 0 Å². The molecule has 0 aliphatic heterocycles. The molecule has 0 aliphatic carbocycles. The first kappa shape index (κ1) is 28.7. The summed E-state index contributed by atoms with van der Waals surface area (Å²) in [5, 5.41) is 9.19. The third kappa shape index (κ3) is 15.5. The molecule has 0 spiro atoms. The van der Waals surface area contributed by atoms with E-state index in [1.807, 2.05) is 0 Å². The fraction of sp³-hybridized carbons (Fsp3) is 1.00. The molecule has 0 saturated carbocycles. The molecular formula is C19H48O5Si4. The maximum atomic E-state index is 9.19. The monoisotopic (exact) mass is 468 g/mol. The lowest BCUT2D eigenvalue weighted by Crippen LogP contribution is -2.63. The lowest BCUT2D eigenvalue weighted by atomic mass is 10.1. The summed E-state index contributed by atoms with van der Waals surface area (Å²) >= 11 is 0. The third-order valence-electron chi connectivity index (χ3n) is 3.67. The summed E-state index contributed by atoms with van der Waals surface area (Å²) in [6, 6.07) is 0. The van der Waals surface area contributed by atoms with Crippen molar-refractivity contribution in [1.82, 2.24) is 0 Å². The number of hydrogen-bond acceptors (Lipinski definition) is 5. The molecule has 170 valence electrons. The van der Waals surface area contributed by atoms with E-state index in [-0.39, 0.29) is 12.7 Å². The van der Waals surface area contributed by atoms with Crippen molar-refractivity contribution in [2.75, 3.05) is 6.61 Å². The van der Waals surface area contributed by atoms with Gasteiger partial charge in [0.1, 0.15) is 0 Å². The number of aliphatic hydroxyl groups is 1. The molecule has 0 rings (SSSR count). The second kappa shape index (κ2) is 12.5. The highest BCUT2D eigenvalue weighted by Crippen LogP contribution is 2.30. The van der Waals surface area contributed by atoms with Gasteiger partial charge in [0.2, 0.25) is 0 Å². The van der Waals surface area contributed by atoms with Gasteiger partial charge in [-0.2, -0.15) is 0 Å². The molecule has 9 heteroatoms. The summed E-state index contributed by atoms with van der Waals surface area (Å²) in [5.74, 6) is 0. The average molecular weight is 469 g/mol. The summed E-state index contributed by atoms with van der Waals surface area (Å²) in [4.78, 5) is 0. The lowest BCUT2D eigenvalue weighted by Gasteiger charge is -2.42. The van der Waals surface area contributed by atoms with Gasteiger partial charge in [0.25, 0.3) is 0 Å². The zero-order chi connectivity index (χ0) is 22.1. The predicted molar refractivity (Wildman–Crippen MR) is 129 cm³/mol. The molecular weight excluding hydrogens is 421 g/mol. The van der Waals surface area contributed by atoms with Crippen molar-refractivity contribution in [3.05, 3.63) is 0 Å². The van der Waals surface area contributed by atoms with Gasteiger partial charge >= 0.3 is 9.05 Å². The highest BCUT2D eigenvalue weighted by Gasteiger charge is 2.54. The number of hydrogen-bond donors (Lipinski definition) is 1. The van der Waals surface area contributed by atoms with Crippen molar-refractivity contribution < 1.29 is 21.9 Å². The molecule has 0 bridgehead atoms. The van der Waals surface area contributed by atoms with Gasteiger partial charge in [-0.25, -0.2) is 0 Å². The van der Waals surface area contributed by atoms with Gasteiger partial charge in [0, 0.05) is 6.61 Å². The predicted octanol–water partition coefficient (Wildman–Crippen LogP) is 6.10. The molecule has 1 N–H and O–H groups in total. The molecule has 0 aromatic heterocycles. The van der Waals surface area contributed by atoms with Crippen molar-refractivity contribution in [3.63, 3.8) is 0 Å². The van der Waals surface area contributed by atoms with Crippen LogP contribution in [-0.2, 0) is 16.8 Å². The minimum atomic E-state index is -3.26. The summed E-state index contributed by atoms with van der Waals surface area (Å²) in [5.41, 5.74) is 0. The first-order valence-electron chi connectivity index (χ1n) is 11.0.